The molecule has 4 nitrogen and oxygen atoms in total. The number of rotatable bonds is 6. The molecule has 1 heterocycles. The number of nitrogens with zero attached hydrogens (tertiary/aromatic N) is 2. The molecule has 0 saturated carbocycles. The standard InChI is InChI=1S/C14H29N3O/c1-5-12(2)10-13(3)15-11-14(18)17-8-6-16(4)7-9-17/h12-13,15H,5-11H2,1-4H3. The predicted octanol–water partition coefficient (Wildman–Crippen LogP) is 1.17. The molecule has 1 aliphatic heterocycles. The van der Waals surface area contributed by atoms with E-state index in [4.69, 9.17) is 0 Å². The first-order valence-electron chi connectivity index (χ1n) is 7.22. The van der Waals surface area contributed by atoms with Crippen molar-refractivity contribution in [2.75, 3.05) is 39.8 Å². The van der Waals surface area contributed by atoms with E-state index in [0.29, 0.717) is 12.6 Å². The summed E-state index contributed by atoms with van der Waals surface area (Å²) in [4.78, 5) is 16.3. The Hall–Kier alpha value is -0.610. The van der Waals surface area contributed by atoms with E-state index in [2.05, 4.69) is 38.0 Å². The zero-order valence-corrected chi connectivity index (χ0v) is 12.4. The lowest BCUT2D eigenvalue weighted by Crippen LogP contribution is -2.50. The van der Waals surface area contributed by atoms with Gasteiger partial charge >= 0.3 is 0 Å². The molecular formula is C14H29N3O. The number of hydrogen-bond donors (Lipinski definition) is 1. The second-order valence-corrected chi connectivity index (χ2v) is 5.72. The van der Waals surface area contributed by atoms with Crippen molar-refractivity contribution in [3.05, 3.63) is 0 Å². The molecule has 1 fully saturated rings. The Labute approximate surface area is 112 Å². The highest BCUT2D eigenvalue weighted by atomic mass is 16.2. The van der Waals surface area contributed by atoms with Crippen LogP contribution in [-0.4, -0.2) is 61.5 Å². The number of carbonyl (C=O) groups excluding carboxylic acids is 1. The number of nitrogens with one attached hydrogen (secondary N) is 1. The normalized spacial score (nSPS) is 20.8. The van der Waals surface area contributed by atoms with Gasteiger partial charge in [-0.15, -0.1) is 0 Å². The first-order valence-corrected chi connectivity index (χ1v) is 7.22. The highest BCUT2D eigenvalue weighted by molar-refractivity contribution is 5.78. The fourth-order valence-electron chi connectivity index (χ4n) is 2.28. The van der Waals surface area contributed by atoms with Crippen LogP contribution in [0.1, 0.15) is 33.6 Å². The minimum atomic E-state index is 0.249. The zero-order chi connectivity index (χ0) is 13.5. The van der Waals surface area contributed by atoms with Crippen LogP contribution in [-0.2, 0) is 4.79 Å². The summed E-state index contributed by atoms with van der Waals surface area (Å²) < 4.78 is 0. The van der Waals surface area contributed by atoms with E-state index in [1.165, 1.54) is 6.42 Å². The van der Waals surface area contributed by atoms with Gasteiger partial charge in [0.05, 0.1) is 6.54 Å². The van der Waals surface area contributed by atoms with E-state index < -0.39 is 0 Å². The third-order valence-electron chi connectivity index (χ3n) is 3.91. The summed E-state index contributed by atoms with van der Waals surface area (Å²) in [6.45, 7) is 10.9. The van der Waals surface area contributed by atoms with Crippen LogP contribution in [0.15, 0.2) is 0 Å². The maximum atomic E-state index is 12.0. The zero-order valence-electron chi connectivity index (χ0n) is 12.4. The van der Waals surface area contributed by atoms with E-state index in [-0.39, 0.29) is 5.91 Å². The van der Waals surface area contributed by atoms with Gasteiger partial charge in [-0.05, 0) is 26.3 Å². The fraction of sp³-hybridized carbons (Fsp3) is 0.929. The lowest BCUT2D eigenvalue weighted by molar-refractivity contribution is -0.131. The van der Waals surface area contributed by atoms with Gasteiger partial charge < -0.3 is 15.1 Å². The minimum Gasteiger partial charge on any atom is -0.339 e. The third kappa shape index (κ3) is 5.36. The van der Waals surface area contributed by atoms with Gasteiger partial charge in [-0.2, -0.15) is 0 Å². The van der Waals surface area contributed by atoms with Crippen molar-refractivity contribution >= 4 is 5.91 Å². The van der Waals surface area contributed by atoms with Crippen molar-refractivity contribution in [3.8, 4) is 0 Å². The summed E-state index contributed by atoms with van der Waals surface area (Å²) in [5.41, 5.74) is 0. The van der Waals surface area contributed by atoms with Crippen molar-refractivity contribution in [2.24, 2.45) is 5.92 Å². The number of hydrogen-bond acceptors (Lipinski definition) is 3. The summed E-state index contributed by atoms with van der Waals surface area (Å²) in [5, 5.41) is 3.35. The second-order valence-electron chi connectivity index (χ2n) is 5.72. The first-order chi connectivity index (χ1) is 8.52. The van der Waals surface area contributed by atoms with Crippen molar-refractivity contribution in [1.82, 2.24) is 15.1 Å². The smallest absolute Gasteiger partial charge is 0.236 e. The SMILES string of the molecule is CCC(C)CC(C)NCC(=O)N1CCN(C)CC1. The molecule has 1 saturated heterocycles. The maximum absolute atomic E-state index is 12.0. The molecule has 1 aliphatic rings. The van der Waals surface area contributed by atoms with Crippen LogP contribution < -0.4 is 5.32 Å². The summed E-state index contributed by atoms with van der Waals surface area (Å²) >= 11 is 0. The molecule has 0 radical (unpaired) electrons. The number of piperazine rings is 1. The van der Waals surface area contributed by atoms with Gasteiger partial charge in [0.2, 0.25) is 5.91 Å². The average Bonchev–Trinajstić information content (AvgIpc) is 2.36. The van der Waals surface area contributed by atoms with Gasteiger partial charge in [-0.3, -0.25) is 4.79 Å². The van der Waals surface area contributed by atoms with Crippen LogP contribution in [0.3, 0.4) is 0 Å². The van der Waals surface area contributed by atoms with Crippen LogP contribution in [0.4, 0.5) is 0 Å². The van der Waals surface area contributed by atoms with Crippen LogP contribution in [0.5, 0.6) is 0 Å². The molecule has 0 aromatic rings. The number of amides is 1. The summed E-state index contributed by atoms with van der Waals surface area (Å²) in [6, 6.07) is 0.427. The summed E-state index contributed by atoms with van der Waals surface area (Å²) in [7, 11) is 2.11. The topological polar surface area (TPSA) is 35.6 Å². The molecule has 1 rings (SSSR count). The van der Waals surface area contributed by atoms with Crippen molar-refractivity contribution in [3.63, 3.8) is 0 Å². The van der Waals surface area contributed by atoms with Crippen LogP contribution in [0.2, 0.25) is 0 Å². The molecule has 0 aromatic carbocycles. The van der Waals surface area contributed by atoms with Crippen molar-refractivity contribution in [2.45, 2.75) is 39.7 Å². The molecule has 1 amide bonds. The Morgan fingerprint density at radius 2 is 1.83 bits per heavy atom. The van der Waals surface area contributed by atoms with Gasteiger partial charge in [0.25, 0.3) is 0 Å². The first kappa shape index (κ1) is 15.4. The van der Waals surface area contributed by atoms with E-state index in [1.807, 2.05) is 4.90 Å². The Morgan fingerprint density at radius 1 is 1.22 bits per heavy atom. The number of likely N-dealkylation sites (N-methyl/N-ethyl adjacent to an activating group) is 1. The quantitative estimate of drug-likeness (QED) is 0.774. The van der Waals surface area contributed by atoms with Crippen LogP contribution >= 0.6 is 0 Å². The molecule has 2 atom stereocenters. The van der Waals surface area contributed by atoms with Gasteiger partial charge in [0.15, 0.2) is 0 Å². The van der Waals surface area contributed by atoms with E-state index in [9.17, 15) is 4.79 Å². The largest absolute Gasteiger partial charge is 0.339 e. The fourth-order valence-corrected chi connectivity index (χ4v) is 2.28. The third-order valence-corrected chi connectivity index (χ3v) is 3.91. The molecule has 18 heavy (non-hydrogen) atoms. The van der Waals surface area contributed by atoms with Gasteiger partial charge in [0.1, 0.15) is 0 Å². The Balaban J connectivity index is 2.20. The van der Waals surface area contributed by atoms with Crippen molar-refractivity contribution in [1.29, 1.82) is 0 Å². The molecule has 1 N–H and O–H groups in total. The second kappa shape index (κ2) is 7.74. The van der Waals surface area contributed by atoms with E-state index >= 15 is 0 Å². The molecule has 0 aliphatic carbocycles. The van der Waals surface area contributed by atoms with Gasteiger partial charge in [-0.25, -0.2) is 0 Å². The molecule has 4 heteroatoms. The highest BCUT2D eigenvalue weighted by Crippen LogP contribution is 2.09. The molecule has 0 spiro atoms. The van der Waals surface area contributed by atoms with Crippen molar-refractivity contribution < 1.29 is 4.79 Å². The van der Waals surface area contributed by atoms with Crippen LogP contribution in [0, 0.1) is 5.92 Å². The van der Waals surface area contributed by atoms with E-state index in [1.54, 1.807) is 0 Å². The molecule has 106 valence electrons. The Morgan fingerprint density at radius 3 is 2.39 bits per heavy atom. The molecule has 2 unspecified atom stereocenters. The Kier molecular flexibility index (Phi) is 6.65. The van der Waals surface area contributed by atoms with E-state index in [0.717, 1.165) is 38.5 Å². The number of carbonyl (C=O) groups is 1. The molecular weight excluding hydrogens is 226 g/mol. The minimum absolute atomic E-state index is 0.249. The van der Waals surface area contributed by atoms with Gasteiger partial charge in [-0.1, -0.05) is 20.3 Å². The molecule has 0 bridgehead atoms. The lowest BCUT2D eigenvalue weighted by Gasteiger charge is -2.32. The van der Waals surface area contributed by atoms with Crippen LogP contribution in [0.25, 0.3) is 0 Å². The highest BCUT2D eigenvalue weighted by Gasteiger charge is 2.19. The monoisotopic (exact) mass is 255 g/mol. The summed E-state index contributed by atoms with van der Waals surface area (Å²) in [6.07, 6.45) is 2.35. The van der Waals surface area contributed by atoms with Gasteiger partial charge in [0, 0.05) is 32.2 Å². The molecule has 0 aromatic heterocycles. The average molecular weight is 255 g/mol. The summed E-state index contributed by atoms with van der Waals surface area (Å²) in [5.74, 6) is 0.977. The maximum Gasteiger partial charge on any atom is 0.236 e. The Bertz CT molecular complexity index is 249. The predicted molar refractivity (Wildman–Crippen MR) is 75.6 cm³/mol. The lowest BCUT2D eigenvalue weighted by atomic mass is 10.0.